The van der Waals surface area contributed by atoms with Gasteiger partial charge in [0, 0.05) is 8.95 Å². The van der Waals surface area contributed by atoms with Crippen LogP contribution >= 0.6 is 47.8 Å². The van der Waals surface area contributed by atoms with Crippen LogP contribution in [-0.2, 0) is 5.92 Å². The van der Waals surface area contributed by atoms with Gasteiger partial charge in [-0.25, -0.2) is 4.98 Å². The van der Waals surface area contributed by atoms with E-state index in [1.165, 1.54) is 6.07 Å². The highest BCUT2D eigenvalue weighted by Crippen LogP contribution is 2.44. The van der Waals surface area contributed by atoms with Crippen LogP contribution in [0.2, 0.25) is 0 Å². The fraction of sp³-hybridized carbons (Fsp3) is 0.222. The Morgan fingerprint density at radius 2 is 1.58 bits per heavy atom. The van der Waals surface area contributed by atoms with Gasteiger partial charge in [-0.05, 0) is 53.9 Å². The minimum absolute atomic E-state index is 0.0194. The number of benzene rings is 1. The number of aromatic nitrogens is 2. The summed E-state index contributed by atoms with van der Waals surface area (Å²) in [5.41, 5.74) is 0.0369. The van der Waals surface area contributed by atoms with Gasteiger partial charge in [0.05, 0.1) is 9.99 Å². The third-order valence-corrected chi connectivity index (χ3v) is 5.55. The molecule has 0 amide bonds. The zero-order valence-corrected chi connectivity index (χ0v) is 13.3. The highest BCUT2D eigenvalue weighted by Gasteiger charge is 2.61. The van der Waals surface area contributed by atoms with E-state index in [0.717, 1.165) is 0 Å². The number of hydrogen-bond acceptors (Lipinski definition) is 1. The molecule has 0 aliphatic carbocycles. The second-order valence-electron chi connectivity index (χ2n) is 3.54. The number of alkyl halides is 5. The van der Waals surface area contributed by atoms with Gasteiger partial charge in [0.15, 0.2) is 5.82 Å². The van der Waals surface area contributed by atoms with E-state index in [2.05, 4.69) is 52.8 Å². The standard InChI is InChI=1S/C9H2Br3F5N2/c10-2-1-3-6(5(12)4(2)11)19-7(18-3)8(13,14)9(15,16)17/h1H,(H,18,19). The lowest BCUT2D eigenvalue weighted by atomic mass is 10.3. The Kier molecular flexibility index (Phi) is 3.72. The molecule has 2 aromatic rings. The van der Waals surface area contributed by atoms with E-state index in [1.54, 1.807) is 0 Å². The van der Waals surface area contributed by atoms with E-state index in [-0.39, 0.29) is 15.5 Å². The Labute approximate surface area is 128 Å². The molecule has 0 spiro atoms. The highest BCUT2D eigenvalue weighted by molar-refractivity contribution is 9.14. The quantitative estimate of drug-likeness (QED) is 0.430. The molecule has 10 heteroatoms. The molecule has 1 heterocycles. The van der Waals surface area contributed by atoms with Crippen molar-refractivity contribution in [2.75, 3.05) is 0 Å². The molecule has 104 valence electrons. The van der Waals surface area contributed by atoms with Crippen molar-refractivity contribution < 1.29 is 22.0 Å². The van der Waals surface area contributed by atoms with Gasteiger partial charge >= 0.3 is 12.1 Å². The summed E-state index contributed by atoms with van der Waals surface area (Å²) in [7, 11) is 0. The number of hydrogen-bond donors (Lipinski definition) is 1. The molecule has 1 aromatic carbocycles. The monoisotopic (exact) mass is 470 g/mol. The Bertz CT molecular complexity index is 649. The Morgan fingerprint density at radius 1 is 1.00 bits per heavy atom. The first-order valence-corrected chi connectivity index (χ1v) is 6.92. The Hall–Kier alpha value is -0.220. The van der Waals surface area contributed by atoms with Crippen LogP contribution in [0.4, 0.5) is 22.0 Å². The predicted molar refractivity (Wildman–Crippen MR) is 69.1 cm³/mol. The maximum absolute atomic E-state index is 13.2. The molecule has 0 fully saturated rings. The van der Waals surface area contributed by atoms with E-state index >= 15 is 0 Å². The fourth-order valence-corrected chi connectivity index (χ4v) is 2.85. The summed E-state index contributed by atoms with van der Waals surface area (Å²) in [5, 5.41) is 0. The fourth-order valence-electron chi connectivity index (χ4n) is 1.34. The Morgan fingerprint density at radius 3 is 2.11 bits per heavy atom. The summed E-state index contributed by atoms with van der Waals surface area (Å²) < 4.78 is 64.4. The van der Waals surface area contributed by atoms with Gasteiger partial charge in [-0.1, -0.05) is 0 Å². The lowest BCUT2D eigenvalue weighted by Crippen LogP contribution is -2.34. The van der Waals surface area contributed by atoms with Gasteiger partial charge in [-0.3, -0.25) is 0 Å². The van der Waals surface area contributed by atoms with Crippen LogP contribution in [-0.4, -0.2) is 16.1 Å². The average Bonchev–Trinajstić information content (AvgIpc) is 2.69. The molecule has 1 N–H and O–H groups in total. The van der Waals surface area contributed by atoms with E-state index in [1.807, 2.05) is 4.98 Å². The average molecular weight is 473 g/mol. The number of fused-ring (bicyclic) bond motifs is 1. The summed E-state index contributed by atoms with van der Waals surface area (Å²) in [5.74, 6) is -6.48. The number of rotatable bonds is 1. The SMILES string of the molecule is FC(F)(F)C(F)(F)c1nc2c(Br)c(Br)c(Br)cc2[nH]1. The van der Waals surface area contributed by atoms with Crippen molar-refractivity contribution in [2.24, 2.45) is 0 Å². The first-order valence-electron chi connectivity index (χ1n) is 4.54. The minimum atomic E-state index is -5.71. The molecule has 0 bridgehead atoms. The number of imidazole rings is 1. The molecule has 1 aromatic heterocycles. The molecule has 2 rings (SSSR count). The van der Waals surface area contributed by atoms with Crippen LogP contribution in [0.5, 0.6) is 0 Å². The zero-order chi connectivity index (χ0) is 14.6. The van der Waals surface area contributed by atoms with Crippen molar-refractivity contribution in [1.29, 1.82) is 0 Å². The van der Waals surface area contributed by atoms with Gasteiger partial charge in [-0.2, -0.15) is 22.0 Å². The van der Waals surface area contributed by atoms with Gasteiger partial charge < -0.3 is 4.98 Å². The smallest absolute Gasteiger partial charge is 0.337 e. The van der Waals surface area contributed by atoms with Crippen molar-refractivity contribution >= 4 is 58.8 Å². The number of halogens is 8. The van der Waals surface area contributed by atoms with E-state index in [4.69, 9.17) is 0 Å². The van der Waals surface area contributed by atoms with Crippen molar-refractivity contribution in [1.82, 2.24) is 9.97 Å². The largest absolute Gasteiger partial charge is 0.461 e. The molecule has 2 nitrogen and oxygen atoms in total. The lowest BCUT2D eigenvalue weighted by Gasteiger charge is -2.16. The van der Waals surface area contributed by atoms with Crippen LogP contribution in [0.25, 0.3) is 11.0 Å². The molecule has 0 atom stereocenters. The summed E-state index contributed by atoms with van der Waals surface area (Å²) in [6.07, 6.45) is -5.71. The maximum Gasteiger partial charge on any atom is 0.461 e. The molecule has 19 heavy (non-hydrogen) atoms. The number of H-pyrrole nitrogens is 1. The van der Waals surface area contributed by atoms with Crippen LogP contribution in [0, 0.1) is 0 Å². The van der Waals surface area contributed by atoms with E-state index in [0.29, 0.717) is 8.95 Å². The molecular formula is C9H2Br3F5N2. The third kappa shape index (κ3) is 2.42. The minimum Gasteiger partial charge on any atom is -0.337 e. The van der Waals surface area contributed by atoms with E-state index < -0.39 is 17.9 Å². The highest BCUT2D eigenvalue weighted by atomic mass is 79.9. The first-order chi connectivity index (χ1) is 8.55. The number of nitrogens with one attached hydrogen (secondary N) is 1. The van der Waals surface area contributed by atoms with Crippen molar-refractivity contribution in [3.8, 4) is 0 Å². The summed E-state index contributed by atoms with van der Waals surface area (Å²) in [6, 6.07) is 1.35. The zero-order valence-electron chi connectivity index (χ0n) is 8.55. The van der Waals surface area contributed by atoms with Gasteiger partial charge in [0.1, 0.15) is 5.52 Å². The van der Waals surface area contributed by atoms with Crippen molar-refractivity contribution in [2.45, 2.75) is 12.1 Å². The van der Waals surface area contributed by atoms with Crippen LogP contribution in [0.1, 0.15) is 5.82 Å². The van der Waals surface area contributed by atoms with Gasteiger partial charge in [-0.15, -0.1) is 0 Å². The molecule has 0 saturated heterocycles. The number of nitrogens with zero attached hydrogens (tertiary/aromatic N) is 1. The summed E-state index contributed by atoms with van der Waals surface area (Å²) in [4.78, 5) is 5.32. The van der Waals surface area contributed by atoms with E-state index in [9.17, 15) is 22.0 Å². The van der Waals surface area contributed by atoms with Crippen LogP contribution in [0.3, 0.4) is 0 Å². The second kappa shape index (κ2) is 4.66. The summed E-state index contributed by atoms with van der Waals surface area (Å²) in [6.45, 7) is 0. The molecule has 0 unspecified atom stereocenters. The maximum atomic E-state index is 13.2. The molecule has 0 aliphatic heterocycles. The molecule has 0 saturated carbocycles. The summed E-state index contributed by atoms with van der Waals surface area (Å²) >= 11 is 9.35. The van der Waals surface area contributed by atoms with Crippen molar-refractivity contribution in [3.63, 3.8) is 0 Å². The van der Waals surface area contributed by atoms with Crippen LogP contribution in [0.15, 0.2) is 19.5 Å². The second-order valence-corrected chi connectivity index (χ2v) is 5.98. The molecule has 0 radical (unpaired) electrons. The van der Waals surface area contributed by atoms with Crippen LogP contribution < -0.4 is 0 Å². The normalized spacial score (nSPS) is 13.3. The van der Waals surface area contributed by atoms with Gasteiger partial charge in [0.2, 0.25) is 0 Å². The third-order valence-electron chi connectivity index (χ3n) is 2.27. The lowest BCUT2D eigenvalue weighted by molar-refractivity contribution is -0.292. The van der Waals surface area contributed by atoms with Gasteiger partial charge in [0.25, 0.3) is 0 Å². The number of aromatic amines is 1. The Balaban J connectivity index is 2.70. The topological polar surface area (TPSA) is 28.7 Å². The molecule has 0 aliphatic rings. The first kappa shape index (κ1) is 15.2. The van der Waals surface area contributed by atoms with Crippen molar-refractivity contribution in [3.05, 3.63) is 25.3 Å². The predicted octanol–water partition coefficient (Wildman–Crippen LogP) is 5.50. The molecular weight excluding hydrogens is 471 g/mol.